The van der Waals surface area contributed by atoms with Gasteiger partial charge in [0.05, 0.1) is 0 Å². The molecule has 2 aliphatic rings. The molecule has 20 heavy (non-hydrogen) atoms. The van der Waals surface area contributed by atoms with E-state index in [0.717, 1.165) is 23.6 Å². The van der Waals surface area contributed by atoms with E-state index in [1.807, 2.05) is 13.0 Å². The zero-order valence-corrected chi connectivity index (χ0v) is 12.3. The fourth-order valence-corrected chi connectivity index (χ4v) is 3.65. The third kappa shape index (κ3) is 2.71. The van der Waals surface area contributed by atoms with Crippen molar-refractivity contribution in [3.05, 3.63) is 11.8 Å². The van der Waals surface area contributed by atoms with Crippen LogP contribution in [0.3, 0.4) is 0 Å². The van der Waals surface area contributed by atoms with E-state index in [0.29, 0.717) is 12.0 Å². The van der Waals surface area contributed by atoms with Crippen molar-refractivity contribution in [2.24, 2.45) is 5.84 Å². The summed E-state index contributed by atoms with van der Waals surface area (Å²) in [6.07, 6.45) is 6.41. The standard InChI is InChI=1S/C14H24N6/c1-9-6-13(18-14(16-9)19-15)17-10-7-11-4-3-5-12(8-10)20(11)2/h6,10-12H,3-5,7-8,15H2,1-2H3,(H2,16,17,18,19). The van der Waals surface area contributed by atoms with Crippen LogP contribution >= 0.6 is 0 Å². The summed E-state index contributed by atoms with van der Waals surface area (Å²) in [5.41, 5.74) is 3.44. The van der Waals surface area contributed by atoms with E-state index in [1.165, 1.54) is 32.1 Å². The Kier molecular flexibility index (Phi) is 3.76. The zero-order valence-electron chi connectivity index (χ0n) is 12.3. The quantitative estimate of drug-likeness (QED) is 0.573. The fraction of sp³-hybridized carbons (Fsp3) is 0.714. The average Bonchev–Trinajstić information content (AvgIpc) is 2.39. The summed E-state index contributed by atoms with van der Waals surface area (Å²) in [5.74, 6) is 6.75. The second-order valence-corrected chi connectivity index (χ2v) is 6.08. The first-order valence-corrected chi connectivity index (χ1v) is 7.46. The van der Waals surface area contributed by atoms with E-state index >= 15 is 0 Å². The Morgan fingerprint density at radius 1 is 1.25 bits per heavy atom. The van der Waals surface area contributed by atoms with E-state index in [2.05, 4.69) is 32.7 Å². The first-order chi connectivity index (χ1) is 9.65. The van der Waals surface area contributed by atoms with Crippen molar-refractivity contribution in [3.63, 3.8) is 0 Å². The molecule has 2 unspecified atom stereocenters. The van der Waals surface area contributed by atoms with Crippen LogP contribution in [0, 0.1) is 6.92 Å². The lowest BCUT2D eigenvalue weighted by atomic mass is 9.82. The van der Waals surface area contributed by atoms with Crippen molar-refractivity contribution >= 4 is 11.8 Å². The van der Waals surface area contributed by atoms with E-state index < -0.39 is 0 Å². The normalized spacial score (nSPS) is 30.1. The molecule has 6 nitrogen and oxygen atoms in total. The molecule has 3 rings (SSSR count). The number of nitrogens with two attached hydrogens (primary N) is 1. The number of hydrogen-bond donors (Lipinski definition) is 3. The third-order valence-electron chi connectivity index (χ3n) is 4.68. The molecule has 2 atom stereocenters. The minimum absolute atomic E-state index is 0.473. The van der Waals surface area contributed by atoms with Gasteiger partial charge in [-0.15, -0.1) is 0 Å². The highest BCUT2D eigenvalue weighted by molar-refractivity contribution is 5.42. The van der Waals surface area contributed by atoms with Crippen LogP contribution in [-0.4, -0.2) is 40.0 Å². The van der Waals surface area contributed by atoms with E-state index in [1.54, 1.807) is 0 Å². The van der Waals surface area contributed by atoms with Gasteiger partial charge in [0.1, 0.15) is 5.82 Å². The smallest absolute Gasteiger partial charge is 0.239 e. The molecule has 0 aliphatic carbocycles. The van der Waals surface area contributed by atoms with Gasteiger partial charge in [-0.3, -0.25) is 5.43 Å². The van der Waals surface area contributed by atoms with Crippen molar-refractivity contribution in [1.29, 1.82) is 0 Å². The molecule has 0 aromatic carbocycles. The molecule has 2 aliphatic heterocycles. The molecular weight excluding hydrogens is 252 g/mol. The molecule has 3 heterocycles. The highest BCUT2D eigenvalue weighted by atomic mass is 15.3. The van der Waals surface area contributed by atoms with Gasteiger partial charge in [0.15, 0.2) is 0 Å². The molecular formula is C14H24N6. The zero-order chi connectivity index (χ0) is 14.1. The summed E-state index contributed by atoms with van der Waals surface area (Å²) in [4.78, 5) is 11.2. The molecule has 2 saturated heterocycles. The highest BCUT2D eigenvalue weighted by Gasteiger charge is 2.35. The van der Waals surface area contributed by atoms with Gasteiger partial charge in [-0.05, 0) is 39.7 Å². The van der Waals surface area contributed by atoms with Gasteiger partial charge >= 0.3 is 0 Å². The molecule has 6 heteroatoms. The van der Waals surface area contributed by atoms with Crippen molar-refractivity contribution in [2.45, 2.75) is 57.2 Å². The average molecular weight is 276 g/mol. The van der Waals surface area contributed by atoms with Crippen LogP contribution in [0.4, 0.5) is 11.8 Å². The Morgan fingerprint density at radius 3 is 2.60 bits per heavy atom. The largest absolute Gasteiger partial charge is 0.367 e. The van der Waals surface area contributed by atoms with Gasteiger partial charge in [0.2, 0.25) is 5.95 Å². The minimum Gasteiger partial charge on any atom is -0.367 e. The number of nitrogens with zero attached hydrogens (tertiary/aromatic N) is 3. The van der Waals surface area contributed by atoms with Crippen LogP contribution in [0.5, 0.6) is 0 Å². The maximum Gasteiger partial charge on any atom is 0.239 e. The van der Waals surface area contributed by atoms with Gasteiger partial charge in [0, 0.05) is 29.9 Å². The first kappa shape index (κ1) is 13.6. The molecule has 0 spiro atoms. The molecule has 4 N–H and O–H groups in total. The Hall–Kier alpha value is -1.40. The van der Waals surface area contributed by atoms with Crippen molar-refractivity contribution in [1.82, 2.24) is 14.9 Å². The van der Waals surface area contributed by atoms with Crippen molar-refractivity contribution < 1.29 is 0 Å². The number of aryl methyl sites for hydroxylation is 1. The Balaban J connectivity index is 1.70. The van der Waals surface area contributed by atoms with Crippen LogP contribution in [0.15, 0.2) is 6.07 Å². The molecule has 1 aromatic heterocycles. The van der Waals surface area contributed by atoms with E-state index in [4.69, 9.17) is 5.84 Å². The maximum absolute atomic E-state index is 5.40. The summed E-state index contributed by atoms with van der Waals surface area (Å²) < 4.78 is 0. The summed E-state index contributed by atoms with van der Waals surface area (Å²) in [6.45, 7) is 1.96. The van der Waals surface area contributed by atoms with Gasteiger partial charge in [0.25, 0.3) is 0 Å². The molecule has 0 saturated carbocycles. The van der Waals surface area contributed by atoms with Gasteiger partial charge < -0.3 is 10.2 Å². The van der Waals surface area contributed by atoms with Crippen LogP contribution in [0.1, 0.15) is 37.8 Å². The summed E-state index contributed by atoms with van der Waals surface area (Å²) in [5, 5.41) is 3.57. The lowest BCUT2D eigenvalue weighted by molar-refractivity contribution is 0.0608. The van der Waals surface area contributed by atoms with Crippen LogP contribution in [0.2, 0.25) is 0 Å². The van der Waals surface area contributed by atoms with Gasteiger partial charge in [-0.1, -0.05) is 6.42 Å². The molecule has 0 radical (unpaired) electrons. The number of fused-ring (bicyclic) bond motifs is 2. The predicted octanol–water partition coefficient (Wildman–Crippen LogP) is 1.50. The highest BCUT2D eigenvalue weighted by Crippen LogP contribution is 2.33. The van der Waals surface area contributed by atoms with Gasteiger partial charge in [-0.2, -0.15) is 4.98 Å². The summed E-state index contributed by atoms with van der Waals surface area (Å²) >= 11 is 0. The van der Waals surface area contributed by atoms with E-state index in [-0.39, 0.29) is 0 Å². The molecule has 1 aromatic rings. The Labute approximate surface area is 120 Å². The maximum atomic E-state index is 5.40. The molecule has 0 amide bonds. The second kappa shape index (κ2) is 5.54. The van der Waals surface area contributed by atoms with Crippen LogP contribution in [0.25, 0.3) is 0 Å². The number of rotatable bonds is 3. The van der Waals surface area contributed by atoms with Gasteiger partial charge in [-0.25, -0.2) is 10.8 Å². The lowest BCUT2D eigenvalue weighted by Crippen LogP contribution is -2.52. The number of piperidine rings is 2. The first-order valence-electron chi connectivity index (χ1n) is 7.46. The van der Waals surface area contributed by atoms with Crippen LogP contribution < -0.4 is 16.6 Å². The fourth-order valence-electron chi connectivity index (χ4n) is 3.65. The van der Waals surface area contributed by atoms with Crippen molar-refractivity contribution in [2.75, 3.05) is 17.8 Å². The number of hydrogen-bond acceptors (Lipinski definition) is 6. The minimum atomic E-state index is 0.473. The third-order valence-corrected chi connectivity index (χ3v) is 4.68. The van der Waals surface area contributed by atoms with Crippen LogP contribution in [-0.2, 0) is 0 Å². The van der Waals surface area contributed by atoms with E-state index in [9.17, 15) is 0 Å². The number of nitrogens with one attached hydrogen (secondary N) is 2. The molecule has 110 valence electrons. The molecule has 2 fully saturated rings. The summed E-state index contributed by atoms with van der Waals surface area (Å²) in [7, 11) is 2.27. The number of anilines is 2. The monoisotopic (exact) mass is 276 g/mol. The predicted molar refractivity (Wildman–Crippen MR) is 80.4 cm³/mol. The second-order valence-electron chi connectivity index (χ2n) is 6.08. The SMILES string of the molecule is Cc1cc(NC2CC3CCCC(C2)N3C)nc(NN)n1. The topological polar surface area (TPSA) is 79.1 Å². The lowest BCUT2D eigenvalue weighted by Gasteiger charge is -2.47. The summed E-state index contributed by atoms with van der Waals surface area (Å²) in [6, 6.07) is 3.92. The number of aromatic nitrogens is 2. The van der Waals surface area contributed by atoms with Crippen molar-refractivity contribution in [3.8, 4) is 0 Å². The number of hydrazine groups is 1. The Bertz CT molecular complexity index is 463. The molecule has 2 bridgehead atoms. The number of nitrogen functional groups attached to an aromatic ring is 1. The Morgan fingerprint density at radius 2 is 1.95 bits per heavy atom.